The van der Waals surface area contributed by atoms with Gasteiger partial charge in [0, 0.05) is 4.47 Å². The van der Waals surface area contributed by atoms with Crippen molar-refractivity contribution in [1.29, 1.82) is 0 Å². The predicted octanol–water partition coefficient (Wildman–Crippen LogP) is 5.41. The van der Waals surface area contributed by atoms with Crippen LogP contribution in [-0.2, 0) is 0 Å². The molecule has 2 nitrogen and oxygen atoms in total. The van der Waals surface area contributed by atoms with E-state index in [1.165, 1.54) is 11.1 Å². The van der Waals surface area contributed by atoms with Crippen molar-refractivity contribution < 1.29 is 9.47 Å². The van der Waals surface area contributed by atoms with E-state index in [-0.39, 0.29) is 5.38 Å². The number of halogens is 2. The second-order valence-corrected chi connectivity index (χ2v) is 6.19. The fraction of sp³-hybridized carbons (Fsp3) is 0.294. The number of ether oxygens (including phenoxy) is 2. The Kier molecular flexibility index (Phi) is 5.17. The molecule has 1 unspecified atom stereocenters. The number of hydrogen-bond donors (Lipinski definition) is 0. The van der Waals surface area contributed by atoms with Crippen LogP contribution in [0.3, 0.4) is 0 Å². The van der Waals surface area contributed by atoms with Gasteiger partial charge in [0.1, 0.15) is 0 Å². The Morgan fingerprint density at radius 1 is 1.00 bits per heavy atom. The van der Waals surface area contributed by atoms with E-state index in [1.54, 1.807) is 14.2 Å². The van der Waals surface area contributed by atoms with E-state index in [9.17, 15) is 0 Å². The van der Waals surface area contributed by atoms with E-state index in [0.29, 0.717) is 11.5 Å². The summed E-state index contributed by atoms with van der Waals surface area (Å²) in [5.41, 5.74) is 4.45. The first-order valence-corrected chi connectivity index (χ1v) is 7.84. The zero-order valence-electron chi connectivity index (χ0n) is 12.5. The van der Waals surface area contributed by atoms with Gasteiger partial charge < -0.3 is 9.47 Å². The van der Waals surface area contributed by atoms with Crippen LogP contribution in [0.2, 0.25) is 0 Å². The summed E-state index contributed by atoms with van der Waals surface area (Å²) in [6.45, 7) is 4.15. The van der Waals surface area contributed by atoms with Crippen molar-refractivity contribution in [2.24, 2.45) is 0 Å². The van der Waals surface area contributed by atoms with E-state index in [2.05, 4.69) is 41.9 Å². The van der Waals surface area contributed by atoms with Gasteiger partial charge in [0.15, 0.2) is 11.5 Å². The summed E-state index contributed by atoms with van der Waals surface area (Å²) in [7, 11) is 3.24. The van der Waals surface area contributed by atoms with Crippen molar-refractivity contribution in [2.75, 3.05) is 14.2 Å². The van der Waals surface area contributed by atoms with E-state index in [4.69, 9.17) is 21.1 Å². The van der Waals surface area contributed by atoms with E-state index < -0.39 is 0 Å². The van der Waals surface area contributed by atoms with Gasteiger partial charge in [0.25, 0.3) is 0 Å². The highest BCUT2D eigenvalue weighted by molar-refractivity contribution is 9.10. The number of benzene rings is 2. The molecule has 0 aliphatic rings. The van der Waals surface area contributed by atoms with Gasteiger partial charge in [-0.25, -0.2) is 0 Å². The topological polar surface area (TPSA) is 18.5 Å². The highest BCUT2D eigenvalue weighted by Gasteiger charge is 2.20. The lowest BCUT2D eigenvalue weighted by Gasteiger charge is -2.19. The molecule has 0 aliphatic carbocycles. The smallest absolute Gasteiger partial charge is 0.161 e. The number of rotatable bonds is 4. The fourth-order valence-electron chi connectivity index (χ4n) is 2.45. The van der Waals surface area contributed by atoms with Crippen molar-refractivity contribution in [1.82, 2.24) is 0 Å². The molecule has 0 N–H and O–H groups in total. The average molecular weight is 370 g/mol. The lowest BCUT2D eigenvalue weighted by atomic mass is 9.95. The standard InChI is InChI=1S/C17H18BrClO2/c1-10-6-5-7-11(2)16(10)17(19)12-8-14(20-3)15(21-4)9-13(12)18/h5-9,17H,1-4H3. The first kappa shape index (κ1) is 16.2. The monoisotopic (exact) mass is 368 g/mol. The summed E-state index contributed by atoms with van der Waals surface area (Å²) < 4.78 is 11.6. The Morgan fingerprint density at radius 2 is 1.52 bits per heavy atom. The second kappa shape index (κ2) is 6.71. The molecule has 0 spiro atoms. The molecule has 0 fully saturated rings. The number of alkyl halides is 1. The normalized spacial score (nSPS) is 12.1. The molecule has 2 rings (SSSR count). The van der Waals surface area contributed by atoms with Gasteiger partial charge in [0.2, 0.25) is 0 Å². The predicted molar refractivity (Wildman–Crippen MR) is 90.9 cm³/mol. The maximum absolute atomic E-state index is 6.75. The third-order valence-electron chi connectivity index (χ3n) is 3.57. The van der Waals surface area contributed by atoms with E-state index >= 15 is 0 Å². The molecule has 2 aromatic carbocycles. The third-order valence-corrected chi connectivity index (χ3v) is 4.71. The van der Waals surface area contributed by atoms with Gasteiger partial charge >= 0.3 is 0 Å². The molecular formula is C17H18BrClO2. The molecule has 0 saturated heterocycles. The number of methoxy groups -OCH3 is 2. The van der Waals surface area contributed by atoms with Crippen molar-refractivity contribution >= 4 is 27.5 Å². The second-order valence-electron chi connectivity index (χ2n) is 4.90. The molecule has 0 aliphatic heterocycles. The quantitative estimate of drug-likeness (QED) is 0.671. The Morgan fingerprint density at radius 3 is 2.05 bits per heavy atom. The van der Waals surface area contributed by atoms with Crippen LogP contribution in [0.4, 0.5) is 0 Å². The van der Waals surface area contributed by atoms with E-state index in [0.717, 1.165) is 15.6 Å². The molecule has 21 heavy (non-hydrogen) atoms. The van der Waals surface area contributed by atoms with Gasteiger partial charge in [-0.2, -0.15) is 0 Å². The lowest BCUT2D eigenvalue weighted by molar-refractivity contribution is 0.354. The summed E-state index contributed by atoms with van der Waals surface area (Å²) in [5.74, 6) is 1.35. The molecule has 0 aromatic heterocycles. The molecule has 0 radical (unpaired) electrons. The van der Waals surface area contributed by atoms with E-state index in [1.807, 2.05) is 18.2 Å². The first-order valence-electron chi connectivity index (χ1n) is 6.61. The molecule has 0 amide bonds. The summed E-state index contributed by atoms with van der Waals surface area (Å²) in [6.07, 6.45) is 0. The third kappa shape index (κ3) is 3.19. The maximum atomic E-state index is 6.75. The average Bonchev–Trinajstić information content (AvgIpc) is 2.46. The first-order chi connectivity index (χ1) is 9.99. The summed E-state index contributed by atoms with van der Waals surface area (Å²) in [6, 6.07) is 10.0. The van der Waals surface area contributed by atoms with Gasteiger partial charge in [-0.15, -0.1) is 11.6 Å². The highest BCUT2D eigenvalue weighted by atomic mass is 79.9. The SMILES string of the molecule is COc1cc(Br)c(C(Cl)c2c(C)cccc2C)cc1OC. The molecule has 0 heterocycles. The maximum Gasteiger partial charge on any atom is 0.161 e. The minimum atomic E-state index is -0.250. The Bertz CT molecular complexity index is 635. The summed E-state index contributed by atoms with van der Waals surface area (Å²) in [4.78, 5) is 0. The molecule has 1 atom stereocenters. The Hall–Kier alpha value is -1.19. The molecule has 0 saturated carbocycles. The molecule has 2 aromatic rings. The fourth-order valence-corrected chi connectivity index (χ4v) is 3.65. The van der Waals surface area contributed by atoms with Crippen LogP contribution in [0.1, 0.15) is 27.6 Å². The van der Waals surface area contributed by atoms with Gasteiger partial charge in [-0.1, -0.05) is 34.1 Å². The van der Waals surface area contributed by atoms with Gasteiger partial charge in [-0.05, 0) is 48.2 Å². The van der Waals surface area contributed by atoms with Crippen molar-refractivity contribution in [2.45, 2.75) is 19.2 Å². The van der Waals surface area contributed by atoms with Crippen molar-refractivity contribution in [3.8, 4) is 11.5 Å². The Labute approximate surface area is 139 Å². The zero-order chi connectivity index (χ0) is 15.6. The summed E-state index contributed by atoms with van der Waals surface area (Å²) in [5, 5.41) is -0.250. The Balaban J connectivity index is 2.56. The van der Waals surface area contributed by atoms with Gasteiger partial charge in [-0.3, -0.25) is 0 Å². The molecule has 4 heteroatoms. The molecular weight excluding hydrogens is 352 g/mol. The zero-order valence-corrected chi connectivity index (χ0v) is 14.9. The van der Waals surface area contributed by atoms with Crippen molar-refractivity contribution in [3.63, 3.8) is 0 Å². The molecule has 112 valence electrons. The number of aryl methyl sites for hydroxylation is 2. The van der Waals surface area contributed by atoms with Crippen LogP contribution >= 0.6 is 27.5 Å². The van der Waals surface area contributed by atoms with Crippen molar-refractivity contribution in [3.05, 3.63) is 57.1 Å². The largest absolute Gasteiger partial charge is 0.493 e. The van der Waals surface area contributed by atoms with Crippen LogP contribution in [-0.4, -0.2) is 14.2 Å². The van der Waals surface area contributed by atoms with Crippen LogP contribution < -0.4 is 9.47 Å². The summed E-state index contributed by atoms with van der Waals surface area (Å²) >= 11 is 10.3. The van der Waals surface area contributed by atoms with Crippen LogP contribution in [0.5, 0.6) is 11.5 Å². The minimum Gasteiger partial charge on any atom is -0.493 e. The van der Waals surface area contributed by atoms with Crippen LogP contribution in [0, 0.1) is 13.8 Å². The van der Waals surface area contributed by atoms with Crippen LogP contribution in [0.25, 0.3) is 0 Å². The minimum absolute atomic E-state index is 0.250. The van der Waals surface area contributed by atoms with Gasteiger partial charge in [0.05, 0.1) is 19.6 Å². The molecule has 0 bridgehead atoms. The van der Waals surface area contributed by atoms with Crippen LogP contribution in [0.15, 0.2) is 34.8 Å². The number of hydrogen-bond acceptors (Lipinski definition) is 2. The lowest BCUT2D eigenvalue weighted by Crippen LogP contribution is -2.02. The highest BCUT2D eigenvalue weighted by Crippen LogP contribution is 2.42.